The van der Waals surface area contributed by atoms with E-state index in [0.29, 0.717) is 0 Å². The van der Waals surface area contributed by atoms with Crippen molar-refractivity contribution in [1.29, 1.82) is 0 Å². The average Bonchev–Trinajstić information content (AvgIpc) is 2.67. The first kappa shape index (κ1) is 11.1. The van der Waals surface area contributed by atoms with E-state index in [1.807, 2.05) is 24.3 Å². The highest BCUT2D eigenvalue weighted by molar-refractivity contribution is 9.09. The molecule has 0 amide bonds. The summed E-state index contributed by atoms with van der Waals surface area (Å²) >= 11 is 11.0. The highest BCUT2D eigenvalue weighted by atomic mass is 79.9. The lowest BCUT2D eigenvalue weighted by atomic mass is 10.2. The minimum absolute atomic E-state index is 0.754. The molecule has 0 aliphatic carbocycles. The van der Waals surface area contributed by atoms with E-state index in [9.17, 15) is 0 Å². The van der Waals surface area contributed by atoms with Crippen molar-refractivity contribution in [3.63, 3.8) is 0 Å². The lowest BCUT2D eigenvalue weighted by Crippen LogP contribution is -1.85. The molecule has 0 spiro atoms. The molecule has 1 nitrogen and oxygen atoms in total. The lowest BCUT2D eigenvalue weighted by molar-refractivity contribution is 1.09. The topological polar surface area (TPSA) is 12.9 Å². The normalized spacial score (nSPS) is 10.5. The van der Waals surface area contributed by atoms with Gasteiger partial charge in [-0.3, -0.25) is 0 Å². The highest BCUT2D eigenvalue weighted by Crippen LogP contribution is 2.26. The van der Waals surface area contributed by atoms with Gasteiger partial charge in [0.1, 0.15) is 5.01 Å². The molecule has 1 aromatic carbocycles. The van der Waals surface area contributed by atoms with Gasteiger partial charge in [-0.05, 0) is 12.1 Å². The van der Waals surface area contributed by atoms with Crippen LogP contribution in [0.25, 0.3) is 10.6 Å². The summed E-state index contributed by atoms with van der Waals surface area (Å²) in [6.45, 7) is 0. The fraction of sp³-hybridized carbons (Fsp3) is 0.182. The number of rotatable bonds is 3. The molecule has 0 aliphatic heterocycles. The van der Waals surface area contributed by atoms with E-state index in [-0.39, 0.29) is 0 Å². The second-order valence-corrected chi connectivity index (χ2v) is 5.18. The molecular weight excluding hydrogens is 294 g/mol. The van der Waals surface area contributed by atoms with Gasteiger partial charge in [0.25, 0.3) is 0 Å². The van der Waals surface area contributed by atoms with Crippen LogP contribution in [0.3, 0.4) is 0 Å². The molecule has 0 fully saturated rings. The summed E-state index contributed by atoms with van der Waals surface area (Å²) in [6, 6.07) is 7.79. The minimum atomic E-state index is 0.754. The maximum atomic E-state index is 5.93. The summed E-state index contributed by atoms with van der Waals surface area (Å²) in [4.78, 5) is 4.54. The number of hydrogen-bond acceptors (Lipinski definition) is 2. The SMILES string of the molecule is Clc1cccc(-c2nc(CCBr)cs2)c1. The van der Waals surface area contributed by atoms with Crippen molar-refractivity contribution in [3.05, 3.63) is 40.4 Å². The van der Waals surface area contributed by atoms with Gasteiger partial charge in [-0.2, -0.15) is 0 Å². The molecule has 1 heterocycles. The predicted molar refractivity (Wildman–Crippen MR) is 70.1 cm³/mol. The van der Waals surface area contributed by atoms with Crippen molar-refractivity contribution in [2.75, 3.05) is 5.33 Å². The van der Waals surface area contributed by atoms with Crippen molar-refractivity contribution >= 4 is 38.9 Å². The largest absolute Gasteiger partial charge is 0.241 e. The van der Waals surface area contributed by atoms with Gasteiger partial charge in [0.15, 0.2) is 0 Å². The zero-order valence-electron chi connectivity index (χ0n) is 7.91. The van der Waals surface area contributed by atoms with Crippen molar-refractivity contribution < 1.29 is 0 Å². The quantitative estimate of drug-likeness (QED) is 0.766. The Morgan fingerprint density at radius 3 is 3.00 bits per heavy atom. The number of halogens is 2. The zero-order chi connectivity index (χ0) is 10.7. The summed E-state index contributed by atoms with van der Waals surface area (Å²) in [6.07, 6.45) is 0.969. The van der Waals surface area contributed by atoms with Gasteiger partial charge in [-0.25, -0.2) is 4.98 Å². The molecule has 0 N–H and O–H groups in total. The van der Waals surface area contributed by atoms with E-state index in [1.165, 1.54) is 0 Å². The third kappa shape index (κ3) is 2.80. The molecule has 2 rings (SSSR count). The summed E-state index contributed by atoms with van der Waals surface area (Å²) in [7, 11) is 0. The highest BCUT2D eigenvalue weighted by Gasteiger charge is 2.04. The fourth-order valence-electron chi connectivity index (χ4n) is 1.27. The standard InChI is InChI=1S/C11H9BrClNS/c12-5-4-10-7-15-11(14-10)8-2-1-3-9(13)6-8/h1-3,6-7H,4-5H2. The van der Waals surface area contributed by atoms with Gasteiger partial charge in [-0.15, -0.1) is 11.3 Å². The maximum Gasteiger partial charge on any atom is 0.123 e. The third-order valence-corrected chi connectivity index (χ3v) is 3.55. The molecule has 15 heavy (non-hydrogen) atoms. The monoisotopic (exact) mass is 301 g/mol. The van der Waals surface area contributed by atoms with Crippen molar-refractivity contribution in [1.82, 2.24) is 4.98 Å². The Bertz CT molecular complexity index is 455. The molecule has 2 aromatic rings. The van der Waals surface area contributed by atoms with Crippen LogP contribution in [-0.2, 0) is 6.42 Å². The Labute approximate surface area is 106 Å². The molecule has 1 aromatic heterocycles. The van der Waals surface area contributed by atoms with Gasteiger partial charge < -0.3 is 0 Å². The number of thiazole rings is 1. The van der Waals surface area contributed by atoms with Crippen LogP contribution in [0.5, 0.6) is 0 Å². The Kier molecular flexibility index (Phi) is 3.78. The van der Waals surface area contributed by atoms with Crippen LogP contribution in [0.4, 0.5) is 0 Å². The Balaban J connectivity index is 2.29. The van der Waals surface area contributed by atoms with E-state index in [2.05, 4.69) is 26.3 Å². The first-order valence-corrected chi connectivity index (χ1v) is 6.94. The second-order valence-electron chi connectivity index (χ2n) is 3.09. The minimum Gasteiger partial charge on any atom is -0.241 e. The number of alkyl halides is 1. The van der Waals surface area contributed by atoms with Gasteiger partial charge in [0.2, 0.25) is 0 Å². The molecule has 78 valence electrons. The van der Waals surface area contributed by atoms with Gasteiger partial charge in [0.05, 0.1) is 5.69 Å². The van der Waals surface area contributed by atoms with Crippen LogP contribution >= 0.6 is 38.9 Å². The number of aromatic nitrogens is 1. The maximum absolute atomic E-state index is 5.93. The molecule has 0 radical (unpaired) electrons. The average molecular weight is 303 g/mol. The summed E-state index contributed by atoms with van der Waals surface area (Å²) < 4.78 is 0. The molecule has 0 bridgehead atoms. The molecule has 0 unspecified atom stereocenters. The Morgan fingerprint density at radius 1 is 1.40 bits per heavy atom. The summed E-state index contributed by atoms with van der Waals surface area (Å²) in [5, 5.41) is 4.83. The number of hydrogen-bond donors (Lipinski definition) is 0. The predicted octanol–water partition coefficient (Wildman–Crippen LogP) is 4.40. The molecule has 0 atom stereocenters. The van der Waals surface area contributed by atoms with E-state index in [1.54, 1.807) is 11.3 Å². The van der Waals surface area contributed by atoms with Crippen LogP contribution in [0, 0.1) is 0 Å². The van der Waals surface area contributed by atoms with Crippen LogP contribution in [0.15, 0.2) is 29.6 Å². The van der Waals surface area contributed by atoms with Crippen LogP contribution in [-0.4, -0.2) is 10.3 Å². The van der Waals surface area contributed by atoms with Crippen LogP contribution in [0.1, 0.15) is 5.69 Å². The van der Waals surface area contributed by atoms with Crippen LogP contribution in [0.2, 0.25) is 5.02 Å². The Morgan fingerprint density at radius 2 is 2.27 bits per heavy atom. The fourth-order valence-corrected chi connectivity index (χ4v) is 2.72. The van der Waals surface area contributed by atoms with E-state index in [0.717, 1.165) is 33.0 Å². The second kappa shape index (κ2) is 5.10. The molecule has 0 saturated heterocycles. The summed E-state index contributed by atoms with van der Waals surface area (Å²) in [5.41, 5.74) is 2.22. The zero-order valence-corrected chi connectivity index (χ0v) is 11.1. The number of nitrogens with zero attached hydrogens (tertiary/aromatic N) is 1. The van der Waals surface area contributed by atoms with Gasteiger partial charge >= 0.3 is 0 Å². The molecular formula is C11H9BrClNS. The van der Waals surface area contributed by atoms with Gasteiger partial charge in [-0.1, -0.05) is 39.7 Å². The van der Waals surface area contributed by atoms with Crippen molar-refractivity contribution in [2.45, 2.75) is 6.42 Å². The number of aryl methyl sites for hydroxylation is 1. The smallest absolute Gasteiger partial charge is 0.123 e. The molecule has 4 heteroatoms. The first-order chi connectivity index (χ1) is 7.29. The van der Waals surface area contributed by atoms with Crippen molar-refractivity contribution in [2.24, 2.45) is 0 Å². The van der Waals surface area contributed by atoms with E-state index in [4.69, 9.17) is 11.6 Å². The lowest BCUT2D eigenvalue weighted by Gasteiger charge is -1.96. The molecule has 0 aliphatic rings. The van der Waals surface area contributed by atoms with E-state index < -0.39 is 0 Å². The summed E-state index contributed by atoms with van der Waals surface area (Å²) in [5.74, 6) is 0. The number of benzene rings is 1. The first-order valence-electron chi connectivity index (χ1n) is 4.56. The molecule has 0 saturated carbocycles. The van der Waals surface area contributed by atoms with Crippen LogP contribution < -0.4 is 0 Å². The van der Waals surface area contributed by atoms with Gasteiger partial charge in [0, 0.05) is 27.7 Å². The van der Waals surface area contributed by atoms with E-state index >= 15 is 0 Å². The van der Waals surface area contributed by atoms with Crippen molar-refractivity contribution in [3.8, 4) is 10.6 Å². The third-order valence-electron chi connectivity index (χ3n) is 1.97. The Hall–Kier alpha value is -0.380.